The van der Waals surface area contributed by atoms with Gasteiger partial charge in [-0.3, -0.25) is 9.98 Å². The summed E-state index contributed by atoms with van der Waals surface area (Å²) in [5.74, 6) is 0. The minimum absolute atomic E-state index is 0.813. The molecular weight excluding hydrogens is 160 g/mol. The highest BCUT2D eigenvalue weighted by Crippen LogP contribution is 2.10. The third-order valence-electron chi connectivity index (χ3n) is 2.02. The van der Waals surface area contributed by atoms with Crippen molar-refractivity contribution in [3.63, 3.8) is 0 Å². The number of hydrogen-bond acceptors (Lipinski definition) is 2. The first-order chi connectivity index (χ1) is 6.31. The maximum Gasteiger partial charge on any atom is 0.0826 e. The molecule has 1 rings (SSSR count). The molecule has 0 amide bonds. The van der Waals surface area contributed by atoms with E-state index < -0.39 is 0 Å². The largest absolute Gasteiger partial charge is 0.286 e. The summed E-state index contributed by atoms with van der Waals surface area (Å²) in [6.07, 6.45) is 7.32. The lowest BCUT2D eigenvalue weighted by molar-refractivity contribution is 1.13. The van der Waals surface area contributed by atoms with Crippen LogP contribution in [0.1, 0.15) is 20.3 Å². The van der Waals surface area contributed by atoms with Gasteiger partial charge in [0.15, 0.2) is 0 Å². The standard InChI is InChI=1S/C11H16N2/c1-4-9-6-7-10(13-5-2)11(8-9)12-3/h6-8H,4-5H2,1-3H3. The third-order valence-corrected chi connectivity index (χ3v) is 2.02. The van der Waals surface area contributed by atoms with Gasteiger partial charge in [-0.2, -0.15) is 0 Å². The summed E-state index contributed by atoms with van der Waals surface area (Å²) in [7, 11) is 1.81. The molecule has 0 spiro atoms. The fraction of sp³-hybridized carbons (Fsp3) is 0.455. The Balaban J connectivity index is 2.94. The molecule has 0 heterocycles. The maximum absolute atomic E-state index is 4.36. The summed E-state index contributed by atoms with van der Waals surface area (Å²) < 4.78 is 0. The molecule has 1 aliphatic carbocycles. The third kappa shape index (κ3) is 2.38. The monoisotopic (exact) mass is 176 g/mol. The van der Waals surface area contributed by atoms with Crippen LogP contribution in [0.2, 0.25) is 0 Å². The first-order valence-electron chi connectivity index (χ1n) is 4.72. The number of nitrogens with zero attached hydrogens (tertiary/aromatic N) is 2. The van der Waals surface area contributed by atoms with Gasteiger partial charge in [-0.1, -0.05) is 13.0 Å². The van der Waals surface area contributed by atoms with E-state index in [9.17, 15) is 0 Å². The number of rotatable bonds is 2. The van der Waals surface area contributed by atoms with Crippen molar-refractivity contribution >= 4 is 11.4 Å². The average Bonchev–Trinajstić information content (AvgIpc) is 2.19. The lowest BCUT2D eigenvalue weighted by Crippen LogP contribution is -2.13. The number of allylic oxidation sites excluding steroid dienone is 4. The van der Waals surface area contributed by atoms with Crippen LogP contribution in [0.4, 0.5) is 0 Å². The summed E-state index contributed by atoms with van der Waals surface area (Å²) in [6, 6.07) is 0. The smallest absolute Gasteiger partial charge is 0.0826 e. The second-order valence-electron chi connectivity index (χ2n) is 2.87. The van der Waals surface area contributed by atoms with Gasteiger partial charge < -0.3 is 0 Å². The van der Waals surface area contributed by atoms with Crippen LogP contribution in [0.25, 0.3) is 0 Å². The van der Waals surface area contributed by atoms with E-state index in [4.69, 9.17) is 0 Å². The first-order valence-corrected chi connectivity index (χ1v) is 4.72. The molecule has 70 valence electrons. The first kappa shape index (κ1) is 9.90. The zero-order chi connectivity index (χ0) is 9.68. The van der Waals surface area contributed by atoms with E-state index in [1.165, 1.54) is 5.57 Å². The maximum atomic E-state index is 4.36. The lowest BCUT2D eigenvalue weighted by atomic mass is 10.0. The molecule has 0 bridgehead atoms. The molecule has 0 atom stereocenters. The summed E-state index contributed by atoms with van der Waals surface area (Å²) in [5, 5.41) is 0. The van der Waals surface area contributed by atoms with Gasteiger partial charge in [0, 0.05) is 13.6 Å². The van der Waals surface area contributed by atoms with E-state index in [1.807, 2.05) is 20.0 Å². The van der Waals surface area contributed by atoms with Crippen molar-refractivity contribution in [3.8, 4) is 0 Å². The molecule has 0 radical (unpaired) electrons. The van der Waals surface area contributed by atoms with E-state index >= 15 is 0 Å². The van der Waals surface area contributed by atoms with Crippen LogP contribution in [0.15, 0.2) is 33.8 Å². The Morgan fingerprint density at radius 3 is 2.46 bits per heavy atom. The molecule has 0 saturated heterocycles. The lowest BCUT2D eigenvalue weighted by Gasteiger charge is -2.08. The topological polar surface area (TPSA) is 24.7 Å². The van der Waals surface area contributed by atoms with Gasteiger partial charge in [0.1, 0.15) is 0 Å². The Kier molecular flexibility index (Phi) is 3.62. The highest BCUT2D eigenvalue weighted by molar-refractivity contribution is 6.51. The Hall–Kier alpha value is -1.18. The van der Waals surface area contributed by atoms with Gasteiger partial charge in [-0.15, -0.1) is 0 Å². The fourth-order valence-corrected chi connectivity index (χ4v) is 1.27. The van der Waals surface area contributed by atoms with Crippen molar-refractivity contribution in [2.24, 2.45) is 9.98 Å². The summed E-state index contributed by atoms with van der Waals surface area (Å²) in [5.41, 5.74) is 3.32. The zero-order valence-corrected chi connectivity index (χ0v) is 8.54. The van der Waals surface area contributed by atoms with Crippen molar-refractivity contribution in [3.05, 3.63) is 23.8 Å². The molecule has 0 N–H and O–H groups in total. The quantitative estimate of drug-likeness (QED) is 0.577. The highest BCUT2D eigenvalue weighted by atomic mass is 14.8. The predicted octanol–water partition coefficient (Wildman–Crippen LogP) is 2.42. The van der Waals surface area contributed by atoms with Crippen LogP contribution in [0.3, 0.4) is 0 Å². The fourth-order valence-electron chi connectivity index (χ4n) is 1.27. The molecule has 0 unspecified atom stereocenters. The van der Waals surface area contributed by atoms with Gasteiger partial charge in [0.2, 0.25) is 0 Å². The zero-order valence-electron chi connectivity index (χ0n) is 8.54. The molecule has 0 aromatic heterocycles. The molecule has 1 aliphatic rings. The average molecular weight is 176 g/mol. The highest BCUT2D eigenvalue weighted by Gasteiger charge is 2.07. The van der Waals surface area contributed by atoms with Gasteiger partial charge in [-0.25, -0.2) is 0 Å². The van der Waals surface area contributed by atoms with Gasteiger partial charge >= 0.3 is 0 Å². The van der Waals surface area contributed by atoms with Crippen LogP contribution >= 0.6 is 0 Å². The number of aliphatic imine (C=N–C) groups is 2. The summed E-state index contributed by atoms with van der Waals surface area (Å²) in [6.45, 7) is 4.99. The normalized spacial score (nSPS) is 22.5. The van der Waals surface area contributed by atoms with Crippen molar-refractivity contribution in [2.75, 3.05) is 13.6 Å². The summed E-state index contributed by atoms with van der Waals surface area (Å²) >= 11 is 0. The Bertz CT molecular complexity index is 293. The minimum atomic E-state index is 0.813. The Morgan fingerprint density at radius 2 is 1.92 bits per heavy atom. The van der Waals surface area contributed by atoms with Crippen LogP contribution in [-0.4, -0.2) is 25.0 Å². The van der Waals surface area contributed by atoms with E-state index in [0.717, 1.165) is 24.4 Å². The molecule has 0 saturated carbocycles. The Labute approximate surface area is 79.8 Å². The summed E-state index contributed by atoms with van der Waals surface area (Å²) in [4.78, 5) is 8.56. The molecule has 0 aliphatic heterocycles. The molecule has 0 aromatic rings. The SMILES string of the molecule is CCN=C1C=CC(CC)=CC1=NC. The van der Waals surface area contributed by atoms with E-state index in [-0.39, 0.29) is 0 Å². The van der Waals surface area contributed by atoms with E-state index in [2.05, 4.69) is 29.1 Å². The molecule has 2 heteroatoms. The van der Waals surface area contributed by atoms with Crippen LogP contribution < -0.4 is 0 Å². The molecule has 0 fully saturated rings. The predicted molar refractivity (Wildman–Crippen MR) is 58.8 cm³/mol. The minimum Gasteiger partial charge on any atom is -0.286 e. The molecule has 0 aromatic carbocycles. The van der Waals surface area contributed by atoms with Crippen molar-refractivity contribution in [1.29, 1.82) is 0 Å². The second kappa shape index (κ2) is 4.75. The molecule has 2 nitrogen and oxygen atoms in total. The van der Waals surface area contributed by atoms with Crippen molar-refractivity contribution < 1.29 is 0 Å². The van der Waals surface area contributed by atoms with E-state index in [1.54, 1.807) is 0 Å². The van der Waals surface area contributed by atoms with E-state index in [0.29, 0.717) is 0 Å². The Morgan fingerprint density at radius 1 is 1.15 bits per heavy atom. The van der Waals surface area contributed by atoms with Crippen LogP contribution in [0.5, 0.6) is 0 Å². The van der Waals surface area contributed by atoms with Crippen molar-refractivity contribution in [1.82, 2.24) is 0 Å². The van der Waals surface area contributed by atoms with Crippen molar-refractivity contribution in [2.45, 2.75) is 20.3 Å². The molecule has 13 heavy (non-hydrogen) atoms. The second-order valence-corrected chi connectivity index (χ2v) is 2.87. The van der Waals surface area contributed by atoms with Gasteiger partial charge in [0.05, 0.1) is 11.4 Å². The van der Waals surface area contributed by atoms with Gasteiger partial charge in [-0.05, 0) is 31.1 Å². The molecular formula is C11H16N2. The van der Waals surface area contributed by atoms with Crippen LogP contribution in [0, 0.1) is 0 Å². The van der Waals surface area contributed by atoms with Gasteiger partial charge in [0.25, 0.3) is 0 Å². The van der Waals surface area contributed by atoms with Crippen LogP contribution in [-0.2, 0) is 0 Å². The number of hydrogen-bond donors (Lipinski definition) is 0.